The number of aromatic nitrogens is 3. The summed E-state index contributed by atoms with van der Waals surface area (Å²) in [4.78, 5) is 2.37. The molecule has 106 valence electrons. The minimum atomic E-state index is 0.839. The Labute approximate surface area is 119 Å². The first-order valence-electron chi connectivity index (χ1n) is 7.20. The van der Waals surface area contributed by atoms with Crippen LogP contribution in [-0.2, 0) is 19.6 Å². The van der Waals surface area contributed by atoms with E-state index in [1.54, 1.807) is 0 Å². The highest BCUT2D eigenvalue weighted by molar-refractivity contribution is 5.51. The van der Waals surface area contributed by atoms with Gasteiger partial charge in [0.1, 0.15) is 6.33 Å². The summed E-state index contributed by atoms with van der Waals surface area (Å²) in [6, 6.07) is 6.72. The Morgan fingerprint density at radius 3 is 3.00 bits per heavy atom. The maximum absolute atomic E-state index is 4.17. The smallest absolute Gasteiger partial charge is 0.152 e. The molecule has 0 spiro atoms. The molecule has 0 saturated heterocycles. The van der Waals surface area contributed by atoms with E-state index in [-0.39, 0.29) is 0 Å². The highest BCUT2D eigenvalue weighted by Crippen LogP contribution is 2.22. The van der Waals surface area contributed by atoms with Gasteiger partial charge < -0.3 is 14.8 Å². The number of benzene rings is 1. The second-order valence-corrected chi connectivity index (χ2v) is 5.25. The molecule has 0 fully saturated rings. The molecule has 0 amide bonds. The Morgan fingerprint density at radius 1 is 1.30 bits per heavy atom. The number of anilines is 1. The molecular weight excluding hydrogens is 250 g/mol. The van der Waals surface area contributed by atoms with E-state index in [4.69, 9.17) is 0 Å². The standard InChI is InChI=1S/C15H21N5/c1-3-16-9-13-4-5-14(8-12(13)2)19-6-7-20-11-17-18-15(20)10-19/h4-5,8,11,16H,3,6-7,9-10H2,1-2H3. The Balaban J connectivity index is 1.76. The molecule has 0 aliphatic carbocycles. The van der Waals surface area contributed by atoms with Crippen molar-refractivity contribution in [1.29, 1.82) is 0 Å². The number of aryl methyl sites for hydroxylation is 1. The van der Waals surface area contributed by atoms with Crippen LogP contribution in [0, 0.1) is 6.92 Å². The predicted molar refractivity (Wildman–Crippen MR) is 79.6 cm³/mol. The van der Waals surface area contributed by atoms with E-state index < -0.39 is 0 Å². The molecule has 1 aliphatic rings. The van der Waals surface area contributed by atoms with Gasteiger partial charge in [0.2, 0.25) is 0 Å². The summed E-state index contributed by atoms with van der Waals surface area (Å²) in [7, 11) is 0. The van der Waals surface area contributed by atoms with Crippen LogP contribution >= 0.6 is 0 Å². The zero-order chi connectivity index (χ0) is 13.9. The van der Waals surface area contributed by atoms with Crippen LogP contribution in [0.15, 0.2) is 24.5 Å². The fourth-order valence-corrected chi connectivity index (χ4v) is 2.62. The van der Waals surface area contributed by atoms with Crippen molar-refractivity contribution in [2.75, 3.05) is 18.0 Å². The molecule has 0 atom stereocenters. The van der Waals surface area contributed by atoms with Crippen LogP contribution in [0.25, 0.3) is 0 Å². The highest BCUT2D eigenvalue weighted by atomic mass is 15.3. The topological polar surface area (TPSA) is 46.0 Å². The normalized spacial score (nSPS) is 14.4. The summed E-state index contributed by atoms with van der Waals surface area (Å²) in [6.07, 6.45) is 1.82. The third kappa shape index (κ3) is 2.54. The Bertz CT molecular complexity index is 590. The van der Waals surface area contributed by atoms with Crippen molar-refractivity contribution in [3.63, 3.8) is 0 Å². The fourth-order valence-electron chi connectivity index (χ4n) is 2.62. The van der Waals surface area contributed by atoms with Gasteiger partial charge in [0.15, 0.2) is 5.82 Å². The molecule has 3 rings (SSSR count). The molecule has 2 heterocycles. The largest absolute Gasteiger partial charge is 0.362 e. The molecule has 1 aromatic heterocycles. The van der Waals surface area contributed by atoms with Crippen LogP contribution in [0.5, 0.6) is 0 Å². The van der Waals surface area contributed by atoms with Crippen LogP contribution in [0.3, 0.4) is 0 Å². The fraction of sp³-hybridized carbons (Fsp3) is 0.467. The van der Waals surface area contributed by atoms with Gasteiger partial charge in [0, 0.05) is 25.3 Å². The quantitative estimate of drug-likeness (QED) is 0.919. The average molecular weight is 271 g/mol. The van der Waals surface area contributed by atoms with Gasteiger partial charge in [-0.15, -0.1) is 10.2 Å². The van der Waals surface area contributed by atoms with Gasteiger partial charge >= 0.3 is 0 Å². The molecule has 20 heavy (non-hydrogen) atoms. The van der Waals surface area contributed by atoms with Crippen molar-refractivity contribution >= 4 is 5.69 Å². The lowest BCUT2D eigenvalue weighted by Gasteiger charge is -2.29. The summed E-state index contributed by atoms with van der Waals surface area (Å²) in [5.41, 5.74) is 3.99. The molecule has 5 heteroatoms. The zero-order valence-electron chi connectivity index (χ0n) is 12.1. The minimum absolute atomic E-state index is 0.839. The van der Waals surface area contributed by atoms with Crippen molar-refractivity contribution in [2.45, 2.75) is 33.5 Å². The van der Waals surface area contributed by atoms with Crippen LogP contribution in [-0.4, -0.2) is 27.9 Å². The highest BCUT2D eigenvalue weighted by Gasteiger charge is 2.17. The second-order valence-electron chi connectivity index (χ2n) is 5.25. The van der Waals surface area contributed by atoms with Gasteiger partial charge in [-0.1, -0.05) is 13.0 Å². The SMILES string of the molecule is CCNCc1ccc(N2CCn3cnnc3C2)cc1C. The van der Waals surface area contributed by atoms with E-state index in [0.29, 0.717) is 0 Å². The van der Waals surface area contributed by atoms with E-state index in [1.165, 1.54) is 16.8 Å². The molecule has 1 aliphatic heterocycles. The number of hydrogen-bond acceptors (Lipinski definition) is 4. The van der Waals surface area contributed by atoms with Gasteiger partial charge in [-0.25, -0.2) is 0 Å². The average Bonchev–Trinajstić information content (AvgIpc) is 2.93. The predicted octanol–water partition coefficient (Wildman–Crippen LogP) is 1.72. The number of hydrogen-bond donors (Lipinski definition) is 1. The molecule has 0 saturated carbocycles. The van der Waals surface area contributed by atoms with Gasteiger partial charge in [0.25, 0.3) is 0 Å². The first-order chi connectivity index (χ1) is 9.78. The first kappa shape index (κ1) is 13.1. The summed E-state index contributed by atoms with van der Waals surface area (Å²) < 4.78 is 2.13. The third-order valence-corrected chi connectivity index (χ3v) is 3.90. The number of fused-ring (bicyclic) bond motifs is 1. The van der Waals surface area contributed by atoms with Crippen LogP contribution in [0.2, 0.25) is 0 Å². The van der Waals surface area contributed by atoms with E-state index in [0.717, 1.165) is 38.5 Å². The summed E-state index contributed by atoms with van der Waals surface area (Å²) in [5, 5.41) is 11.5. The molecule has 2 aromatic rings. The first-order valence-corrected chi connectivity index (χ1v) is 7.20. The van der Waals surface area contributed by atoms with Crippen LogP contribution in [0.4, 0.5) is 5.69 Å². The lowest BCUT2D eigenvalue weighted by molar-refractivity contribution is 0.560. The Hall–Kier alpha value is -1.88. The zero-order valence-corrected chi connectivity index (χ0v) is 12.1. The van der Waals surface area contributed by atoms with Crippen molar-refractivity contribution < 1.29 is 0 Å². The van der Waals surface area contributed by atoms with Gasteiger partial charge in [-0.2, -0.15) is 0 Å². The summed E-state index contributed by atoms with van der Waals surface area (Å²) >= 11 is 0. The van der Waals surface area contributed by atoms with Crippen molar-refractivity contribution in [2.24, 2.45) is 0 Å². The molecular formula is C15H21N5. The second kappa shape index (κ2) is 5.63. The van der Waals surface area contributed by atoms with E-state index in [1.807, 2.05) is 6.33 Å². The van der Waals surface area contributed by atoms with E-state index in [9.17, 15) is 0 Å². The minimum Gasteiger partial charge on any atom is -0.362 e. The van der Waals surface area contributed by atoms with Gasteiger partial charge in [-0.3, -0.25) is 0 Å². The summed E-state index contributed by atoms with van der Waals surface area (Å²) in [5.74, 6) is 1.05. The van der Waals surface area contributed by atoms with Gasteiger partial charge in [0.05, 0.1) is 6.54 Å². The van der Waals surface area contributed by atoms with Crippen molar-refractivity contribution in [3.05, 3.63) is 41.5 Å². The Kier molecular flexibility index (Phi) is 3.69. The summed E-state index contributed by atoms with van der Waals surface area (Å²) in [6.45, 7) is 9.07. The van der Waals surface area contributed by atoms with Crippen LogP contribution in [0.1, 0.15) is 23.9 Å². The maximum Gasteiger partial charge on any atom is 0.152 e. The van der Waals surface area contributed by atoms with E-state index >= 15 is 0 Å². The molecule has 0 unspecified atom stereocenters. The Morgan fingerprint density at radius 2 is 2.20 bits per heavy atom. The van der Waals surface area contributed by atoms with Crippen molar-refractivity contribution in [1.82, 2.24) is 20.1 Å². The third-order valence-electron chi connectivity index (χ3n) is 3.90. The number of nitrogens with zero attached hydrogens (tertiary/aromatic N) is 4. The molecule has 1 aromatic carbocycles. The monoisotopic (exact) mass is 271 g/mol. The molecule has 0 bridgehead atoms. The van der Waals surface area contributed by atoms with Crippen LogP contribution < -0.4 is 10.2 Å². The van der Waals surface area contributed by atoms with Gasteiger partial charge in [-0.05, 0) is 36.7 Å². The number of nitrogens with one attached hydrogen (secondary N) is 1. The van der Waals surface area contributed by atoms with Crippen molar-refractivity contribution in [3.8, 4) is 0 Å². The maximum atomic E-state index is 4.17. The molecule has 1 N–H and O–H groups in total. The lowest BCUT2D eigenvalue weighted by Crippen LogP contribution is -2.33. The van der Waals surface area contributed by atoms with E-state index in [2.05, 4.69) is 57.0 Å². The molecule has 5 nitrogen and oxygen atoms in total. The number of rotatable bonds is 4. The lowest BCUT2D eigenvalue weighted by atomic mass is 10.1. The molecule has 0 radical (unpaired) electrons.